The Kier molecular flexibility index (Phi) is 4.01. The van der Waals surface area contributed by atoms with Gasteiger partial charge < -0.3 is 20.2 Å². The van der Waals surface area contributed by atoms with Crippen LogP contribution in [0.2, 0.25) is 0 Å². The first-order valence-corrected chi connectivity index (χ1v) is 7.11. The van der Waals surface area contributed by atoms with Crippen molar-refractivity contribution in [3.63, 3.8) is 0 Å². The number of hydrogen-bond donors (Lipinski definition) is 3. The Morgan fingerprint density at radius 1 is 0.913 bits per heavy atom. The molecule has 116 valence electrons. The molecule has 1 aromatic heterocycles. The fourth-order valence-electron chi connectivity index (χ4n) is 2.28. The molecule has 0 radical (unpaired) electrons. The van der Waals surface area contributed by atoms with Crippen LogP contribution in [0.3, 0.4) is 0 Å². The number of anilines is 1. The zero-order valence-electron chi connectivity index (χ0n) is 12.7. The summed E-state index contributed by atoms with van der Waals surface area (Å²) >= 11 is 0. The van der Waals surface area contributed by atoms with Crippen molar-refractivity contribution in [2.75, 3.05) is 12.4 Å². The quantitative estimate of drug-likeness (QED) is 0.503. The number of guanidine groups is 1. The number of benzene rings is 2. The van der Waals surface area contributed by atoms with Gasteiger partial charge in [0.2, 0.25) is 0 Å². The second-order valence-corrected chi connectivity index (χ2v) is 5.01. The summed E-state index contributed by atoms with van der Waals surface area (Å²) in [5.41, 5.74) is 8.02. The lowest BCUT2D eigenvalue weighted by Gasteiger charge is -2.04. The Hall–Kier alpha value is -3.21. The van der Waals surface area contributed by atoms with Crippen molar-refractivity contribution in [2.24, 2.45) is 5.73 Å². The third-order valence-electron chi connectivity index (χ3n) is 3.43. The maximum atomic E-state index is 7.22. The number of nitrogens with one attached hydrogen (secondary N) is 2. The SMILES string of the molecule is COc1ccc(-c2ccc(-c3ccc(NC(=N)N)cc3)o2)cc1. The molecule has 0 spiro atoms. The number of nitrogens with two attached hydrogens (primary N) is 1. The molecule has 5 heteroatoms. The predicted molar refractivity (Wildman–Crippen MR) is 91.7 cm³/mol. The van der Waals surface area contributed by atoms with E-state index in [-0.39, 0.29) is 5.96 Å². The third-order valence-corrected chi connectivity index (χ3v) is 3.43. The minimum Gasteiger partial charge on any atom is -0.497 e. The molecule has 0 fully saturated rings. The Morgan fingerprint density at radius 3 is 1.91 bits per heavy atom. The molecular formula is C18H17N3O2. The van der Waals surface area contributed by atoms with E-state index in [2.05, 4.69) is 5.32 Å². The van der Waals surface area contributed by atoms with Gasteiger partial charge in [-0.2, -0.15) is 0 Å². The van der Waals surface area contributed by atoms with Crippen molar-refractivity contribution >= 4 is 11.6 Å². The number of hydrogen-bond acceptors (Lipinski definition) is 3. The second-order valence-electron chi connectivity index (χ2n) is 5.01. The van der Waals surface area contributed by atoms with E-state index in [1.54, 1.807) is 7.11 Å². The van der Waals surface area contributed by atoms with Gasteiger partial charge in [-0.05, 0) is 60.7 Å². The van der Waals surface area contributed by atoms with Crippen LogP contribution in [-0.2, 0) is 0 Å². The summed E-state index contributed by atoms with van der Waals surface area (Å²) in [6, 6.07) is 19.1. The molecule has 0 aliphatic carbocycles. The van der Waals surface area contributed by atoms with Crippen molar-refractivity contribution in [3.8, 4) is 28.4 Å². The van der Waals surface area contributed by atoms with E-state index in [0.717, 1.165) is 34.1 Å². The maximum absolute atomic E-state index is 7.22. The Morgan fingerprint density at radius 2 is 1.43 bits per heavy atom. The van der Waals surface area contributed by atoms with Crippen LogP contribution in [0.4, 0.5) is 5.69 Å². The van der Waals surface area contributed by atoms with Crippen LogP contribution in [0.1, 0.15) is 0 Å². The molecule has 0 unspecified atom stereocenters. The van der Waals surface area contributed by atoms with Crippen molar-refractivity contribution in [3.05, 3.63) is 60.7 Å². The van der Waals surface area contributed by atoms with Crippen molar-refractivity contribution in [1.29, 1.82) is 5.41 Å². The topological polar surface area (TPSA) is 84.3 Å². The zero-order chi connectivity index (χ0) is 16.2. The van der Waals surface area contributed by atoms with Gasteiger partial charge in [0.25, 0.3) is 0 Å². The monoisotopic (exact) mass is 307 g/mol. The van der Waals surface area contributed by atoms with E-state index in [1.165, 1.54) is 0 Å². The molecular weight excluding hydrogens is 290 g/mol. The molecule has 23 heavy (non-hydrogen) atoms. The minimum absolute atomic E-state index is 0.0856. The summed E-state index contributed by atoms with van der Waals surface area (Å²) in [5, 5.41) is 9.96. The molecule has 0 amide bonds. The Bertz CT molecular complexity index is 805. The van der Waals surface area contributed by atoms with Gasteiger partial charge in [0, 0.05) is 16.8 Å². The van der Waals surface area contributed by atoms with E-state index in [0.29, 0.717) is 0 Å². The fraction of sp³-hybridized carbons (Fsp3) is 0.0556. The van der Waals surface area contributed by atoms with Gasteiger partial charge in [-0.1, -0.05) is 0 Å². The molecule has 1 heterocycles. The molecule has 0 saturated carbocycles. The van der Waals surface area contributed by atoms with Gasteiger partial charge in [-0.15, -0.1) is 0 Å². The van der Waals surface area contributed by atoms with E-state index >= 15 is 0 Å². The highest BCUT2D eigenvalue weighted by atomic mass is 16.5. The summed E-state index contributed by atoms with van der Waals surface area (Å²) < 4.78 is 11.1. The van der Waals surface area contributed by atoms with Crippen molar-refractivity contribution in [2.45, 2.75) is 0 Å². The normalized spacial score (nSPS) is 10.3. The summed E-state index contributed by atoms with van der Waals surface area (Å²) in [5.74, 6) is 2.31. The van der Waals surface area contributed by atoms with Gasteiger partial charge in [0.15, 0.2) is 5.96 Å². The number of ether oxygens (including phenoxy) is 1. The summed E-state index contributed by atoms with van der Waals surface area (Å²) in [4.78, 5) is 0. The molecule has 0 atom stereocenters. The lowest BCUT2D eigenvalue weighted by Crippen LogP contribution is -2.20. The highest BCUT2D eigenvalue weighted by Gasteiger charge is 2.07. The summed E-state index contributed by atoms with van der Waals surface area (Å²) in [6.07, 6.45) is 0. The Balaban J connectivity index is 1.81. The van der Waals surface area contributed by atoms with Crippen molar-refractivity contribution in [1.82, 2.24) is 0 Å². The molecule has 3 rings (SSSR count). The van der Waals surface area contributed by atoms with E-state index in [1.807, 2.05) is 60.7 Å². The largest absolute Gasteiger partial charge is 0.497 e. The van der Waals surface area contributed by atoms with Gasteiger partial charge >= 0.3 is 0 Å². The zero-order valence-corrected chi connectivity index (χ0v) is 12.7. The van der Waals surface area contributed by atoms with Crippen LogP contribution >= 0.6 is 0 Å². The highest BCUT2D eigenvalue weighted by molar-refractivity contribution is 5.89. The summed E-state index contributed by atoms with van der Waals surface area (Å²) in [6.45, 7) is 0. The van der Waals surface area contributed by atoms with Gasteiger partial charge in [-0.3, -0.25) is 5.41 Å². The number of methoxy groups -OCH3 is 1. The van der Waals surface area contributed by atoms with Crippen LogP contribution < -0.4 is 15.8 Å². The van der Waals surface area contributed by atoms with Crippen molar-refractivity contribution < 1.29 is 9.15 Å². The van der Waals surface area contributed by atoms with Crippen LogP contribution in [0, 0.1) is 5.41 Å². The predicted octanol–water partition coefficient (Wildman–Crippen LogP) is 3.93. The fourth-order valence-corrected chi connectivity index (χ4v) is 2.28. The smallest absolute Gasteiger partial charge is 0.190 e. The molecule has 0 aliphatic rings. The molecule has 0 bridgehead atoms. The van der Waals surface area contributed by atoms with E-state index < -0.39 is 0 Å². The molecule has 4 N–H and O–H groups in total. The van der Waals surface area contributed by atoms with Crippen LogP contribution in [-0.4, -0.2) is 13.1 Å². The average molecular weight is 307 g/mol. The average Bonchev–Trinajstić information content (AvgIpc) is 3.05. The van der Waals surface area contributed by atoms with Gasteiger partial charge in [-0.25, -0.2) is 0 Å². The number of furan rings is 1. The molecule has 3 aromatic rings. The standard InChI is InChI=1S/C18H17N3O2/c1-22-15-8-4-13(5-9-15)17-11-10-16(23-17)12-2-6-14(7-3-12)21-18(19)20/h2-11H,1H3,(H4,19,20,21). The highest BCUT2D eigenvalue weighted by Crippen LogP contribution is 2.30. The van der Waals surface area contributed by atoms with Crippen LogP contribution in [0.25, 0.3) is 22.6 Å². The summed E-state index contributed by atoms with van der Waals surface area (Å²) in [7, 11) is 1.64. The lowest BCUT2D eigenvalue weighted by molar-refractivity contribution is 0.415. The molecule has 0 aliphatic heterocycles. The molecule has 2 aromatic carbocycles. The first-order valence-electron chi connectivity index (χ1n) is 7.11. The van der Waals surface area contributed by atoms with Crippen LogP contribution in [0.15, 0.2) is 65.1 Å². The number of rotatable bonds is 4. The van der Waals surface area contributed by atoms with E-state index in [9.17, 15) is 0 Å². The molecule has 5 nitrogen and oxygen atoms in total. The first kappa shape index (κ1) is 14.7. The van der Waals surface area contributed by atoms with Gasteiger partial charge in [0.1, 0.15) is 17.3 Å². The minimum atomic E-state index is -0.0856. The maximum Gasteiger partial charge on any atom is 0.190 e. The first-order chi connectivity index (χ1) is 11.2. The second kappa shape index (κ2) is 6.27. The van der Waals surface area contributed by atoms with Gasteiger partial charge in [0.05, 0.1) is 7.11 Å². The lowest BCUT2D eigenvalue weighted by atomic mass is 10.1. The molecule has 0 saturated heterocycles. The Labute approximate surface area is 134 Å². The van der Waals surface area contributed by atoms with E-state index in [4.69, 9.17) is 20.3 Å². The van der Waals surface area contributed by atoms with Crippen LogP contribution in [0.5, 0.6) is 5.75 Å². The third kappa shape index (κ3) is 3.35.